The van der Waals surface area contributed by atoms with E-state index in [4.69, 9.17) is 4.74 Å². The summed E-state index contributed by atoms with van der Waals surface area (Å²) < 4.78 is 5.69. The first kappa shape index (κ1) is 12.1. The van der Waals surface area contributed by atoms with Gasteiger partial charge in [-0.05, 0) is 44.2 Å². The third-order valence-electron chi connectivity index (χ3n) is 3.27. The van der Waals surface area contributed by atoms with Crippen LogP contribution >= 0.6 is 15.9 Å². The van der Waals surface area contributed by atoms with Gasteiger partial charge in [0.2, 0.25) is 0 Å². The van der Waals surface area contributed by atoms with Gasteiger partial charge in [0, 0.05) is 11.4 Å². The number of alkyl halides is 1. The van der Waals surface area contributed by atoms with Crippen molar-refractivity contribution < 1.29 is 4.74 Å². The van der Waals surface area contributed by atoms with E-state index in [1.807, 2.05) is 0 Å². The maximum Gasteiger partial charge on any atom is 0.0589 e. The molecular weight excluding hydrogens is 264 g/mol. The predicted octanol–water partition coefficient (Wildman–Crippen LogP) is 4.31. The molecule has 2 atom stereocenters. The molecule has 1 aliphatic rings. The quantitative estimate of drug-likeness (QED) is 0.751. The zero-order valence-electron chi connectivity index (χ0n) is 10.0. The predicted molar refractivity (Wildman–Crippen MR) is 71.2 cm³/mol. The van der Waals surface area contributed by atoms with Crippen LogP contribution < -0.4 is 0 Å². The molecule has 2 rings (SSSR count). The summed E-state index contributed by atoms with van der Waals surface area (Å²) in [4.78, 5) is 0.426. The molecule has 0 saturated carbocycles. The van der Waals surface area contributed by atoms with Crippen molar-refractivity contribution in [3.8, 4) is 0 Å². The minimum Gasteiger partial charge on any atom is -0.378 e. The third kappa shape index (κ3) is 2.86. The summed E-state index contributed by atoms with van der Waals surface area (Å²) in [5.41, 5.74) is 4.11. The van der Waals surface area contributed by atoms with Crippen molar-refractivity contribution in [1.29, 1.82) is 0 Å². The van der Waals surface area contributed by atoms with Gasteiger partial charge >= 0.3 is 0 Å². The molecule has 0 radical (unpaired) electrons. The SMILES string of the molecule is Cc1ccc(C)c(C(Br)CC2CCCO2)c1. The summed E-state index contributed by atoms with van der Waals surface area (Å²) in [5.74, 6) is 0. The molecule has 1 nitrogen and oxygen atoms in total. The zero-order chi connectivity index (χ0) is 11.5. The monoisotopic (exact) mass is 282 g/mol. The molecule has 2 unspecified atom stereocenters. The van der Waals surface area contributed by atoms with E-state index < -0.39 is 0 Å². The average Bonchev–Trinajstić information content (AvgIpc) is 2.74. The van der Waals surface area contributed by atoms with Gasteiger partial charge in [0.05, 0.1) is 6.10 Å². The van der Waals surface area contributed by atoms with E-state index in [1.54, 1.807) is 0 Å². The average molecular weight is 283 g/mol. The van der Waals surface area contributed by atoms with Crippen LogP contribution in [0.5, 0.6) is 0 Å². The van der Waals surface area contributed by atoms with Crippen LogP contribution in [0.1, 0.15) is 40.8 Å². The Kier molecular flexibility index (Phi) is 4.04. The Hall–Kier alpha value is -0.340. The number of hydrogen-bond donors (Lipinski definition) is 0. The van der Waals surface area contributed by atoms with Gasteiger partial charge in [0.1, 0.15) is 0 Å². The minimum absolute atomic E-state index is 0.426. The lowest BCUT2D eigenvalue weighted by Crippen LogP contribution is -2.08. The molecule has 1 saturated heterocycles. The molecule has 2 heteroatoms. The van der Waals surface area contributed by atoms with Gasteiger partial charge in [-0.3, -0.25) is 0 Å². The Bertz CT molecular complexity index is 356. The van der Waals surface area contributed by atoms with E-state index in [-0.39, 0.29) is 0 Å². The Labute approximate surface area is 106 Å². The van der Waals surface area contributed by atoms with Gasteiger partial charge in [0.15, 0.2) is 0 Å². The lowest BCUT2D eigenvalue weighted by atomic mass is 9.99. The first-order chi connectivity index (χ1) is 7.66. The highest BCUT2D eigenvalue weighted by Crippen LogP contribution is 2.33. The van der Waals surface area contributed by atoms with Crippen molar-refractivity contribution in [3.63, 3.8) is 0 Å². The Morgan fingerprint density at radius 1 is 1.44 bits per heavy atom. The Balaban J connectivity index is 2.07. The van der Waals surface area contributed by atoms with Gasteiger partial charge < -0.3 is 4.74 Å². The van der Waals surface area contributed by atoms with Crippen molar-refractivity contribution in [2.24, 2.45) is 0 Å². The molecule has 0 amide bonds. The smallest absolute Gasteiger partial charge is 0.0589 e. The lowest BCUT2D eigenvalue weighted by Gasteiger charge is -2.17. The maximum atomic E-state index is 5.69. The van der Waals surface area contributed by atoms with Crippen LogP contribution in [-0.2, 0) is 4.74 Å². The normalized spacial score (nSPS) is 22.3. The van der Waals surface area contributed by atoms with Crippen molar-refractivity contribution in [2.45, 2.75) is 44.0 Å². The fraction of sp³-hybridized carbons (Fsp3) is 0.571. The summed E-state index contributed by atoms with van der Waals surface area (Å²) in [7, 11) is 0. The van der Waals surface area contributed by atoms with Gasteiger partial charge in [-0.25, -0.2) is 0 Å². The summed E-state index contributed by atoms with van der Waals surface area (Å²) in [6.45, 7) is 5.27. The van der Waals surface area contributed by atoms with E-state index in [1.165, 1.54) is 29.5 Å². The van der Waals surface area contributed by atoms with Crippen LogP contribution in [0.3, 0.4) is 0 Å². The summed E-state index contributed by atoms with van der Waals surface area (Å²) in [6, 6.07) is 6.66. The summed E-state index contributed by atoms with van der Waals surface area (Å²) in [6.07, 6.45) is 3.97. The van der Waals surface area contributed by atoms with Crippen LogP contribution in [0.2, 0.25) is 0 Å². The third-order valence-corrected chi connectivity index (χ3v) is 4.13. The van der Waals surface area contributed by atoms with Gasteiger partial charge in [-0.1, -0.05) is 39.7 Å². The first-order valence-corrected chi connectivity index (χ1v) is 6.91. The van der Waals surface area contributed by atoms with Crippen molar-refractivity contribution in [2.75, 3.05) is 6.61 Å². The molecule has 1 fully saturated rings. The molecule has 16 heavy (non-hydrogen) atoms. The van der Waals surface area contributed by atoms with E-state index in [0.29, 0.717) is 10.9 Å². The summed E-state index contributed by atoms with van der Waals surface area (Å²) >= 11 is 3.80. The number of halogens is 1. The summed E-state index contributed by atoms with van der Waals surface area (Å²) in [5, 5.41) is 0. The molecule has 0 spiro atoms. The Morgan fingerprint density at radius 2 is 2.25 bits per heavy atom. The highest BCUT2D eigenvalue weighted by molar-refractivity contribution is 9.09. The van der Waals surface area contributed by atoms with Crippen LogP contribution in [0.25, 0.3) is 0 Å². The Morgan fingerprint density at radius 3 is 2.94 bits per heavy atom. The van der Waals surface area contributed by atoms with E-state index in [0.717, 1.165) is 13.0 Å². The number of rotatable bonds is 3. The highest BCUT2D eigenvalue weighted by Gasteiger charge is 2.21. The molecule has 0 aliphatic carbocycles. The second kappa shape index (κ2) is 5.33. The zero-order valence-corrected chi connectivity index (χ0v) is 11.6. The molecule has 1 aromatic carbocycles. The fourth-order valence-corrected chi connectivity index (χ4v) is 3.20. The first-order valence-electron chi connectivity index (χ1n) is 5.99. The van der Waals surface area contributed by atoms with E-state index in [9.17, 15) is 0 Å². The van der Waals surface area contributed by atoms with Crippen molar-refractivity contribution >= 4 is 15.9 Å². The topological polar surface area (TPSA) is 9.23 Å². The molecule has 0 N–H and O–H groups in total. The number of hydrogen-bond acceptors (Lipinski definition) is 1. The van der Waals surface area contributed by atoms with Crippen LogP contribution in [0.15, 0.2) is 18.2 Å². The number of benzene rings is 1. The van der Waals surface area contributed by atoms with Gasteiger partial charge in [-0.2, -0.15) is 0 Å². The van der Waals surface area contributed by atoms with E-state index in [2.05, 4.69) is 48.0 Å². The molecule has 1 heterocycles. The minimum atomic E-state index is 0.426. The molecule has 1 aliphatic heterocycles. The van der Waals surface area contributed by atoms with Gasteiger partial charge in [-0.15, -0.1) is 0 Å². The molecule has 0 bridgehead atoms. The van der Waals surface area contributed by atoms with Crippen molar-refractivity contribution in [1.82, 2.24) is 0 Å². The van der Waals surface area contributed by atoms with Gasteiger partial charge in [0.25, 0.3) is 0 Å². The highest BCUT2D eigenvalue weighted by atomic mass is 79.9. The van der Waals surface area contributed by atoms with Crippen LogP contribution in [0, 0.1) is 13.8 Å². The second-order valence-corrected chi connectivity index (χ2v) is 5.80. The van der Waals surface area contributed by atoms with Crippen LogP contribution in [0.4, 0.5) is 0 Å². The van der Waals surface area contributed by atoms with Crippen molar-refractivity contribution in [3.05, 3.63) is 34.9 Å². The number of ether oxygens (including phenoxy) is 1. The van der Waals surface area contributed by atoms with Crippen LogP contribution in [-0.4, -0.2) is 12.7 Å². The molecule has 1 aromatic rings. The van der Waals surface area contributed by atoms with E-state index >= 15 is 0 Å². The molecular formula is C14H19BrO. The maximum absolute atomic E-state index is 5.69. The fourth-order valence-electron chi connectivity index (χ4n) is 2.29. The number of aryl methyl sites for hydroxylation is 2. The lowest BCUT2D eigenvalue weighted by molar-refractivity contribution is 0.104. The largest absolute Gasteiger partial charge is 0.378 e. The standard InChI is InChI=1S/C14H19BrO/c1-10-5-6-11(2)13(8-10)14(15)9-12-4-3-7-16-12/h5-6,8,12,14H,3-4,7,9H2,1-2H3. The molecule has 88 valence electrons. The second-order valence-electron chi connectivity index (χ2n) is 4.70. The molecule has 0 aromatic heterocycles.